The van der Waals surface area contributed by atoms with Crippen LogP contribution in [0.5, 0.6) is 5.75 Å². The van der Waals surface area contributed by atoms with Crippen molar-refractivity contribution in [3.63, 3.8) is 0 Å². The van der Waals surface area contributed by atoms with Crippen LogP contribution in [0.1, 0.15) is 5.69 Å². The van der Waals surface area contributed by atoms with Gasteiger partial charge in [0.2, 0.25) is 5.88 Å². The number of nitrogen functional groups attached to an aromatic ring is 1. The Morgan fingerprint density at radius 3 is 2.63 bits per heavy atom. The third kappa shape index (κ3) is 2.79. The van der Waals surface area contributed by atoms with E-state index in [0.717, 1.165) is 0 Å². The number of aryl methyl sites for hydroxylation is 1. The largest absolute Gasteiger partial charge is 0.495 e. The highest BCUT2D eigenvalue weighted by atomic mass is 32.2. The maximum Gasteiger partial charge on any atom is 0.264 e. The first kappa shape index (κ1) is 13.2. The van der Waals surface area contributed by atoms with Gasteiger partial charge in [0.25, 0.3) is 10.0 Å². The quantitative estimate of drug-likeness (QED) is 0.821. The molecule has 0 saturated carbocycles. The maximum atomic E-state index is 12.1. The molecule has 0 aliphatic heterocycles. The van der Waals surface area contributed by atoms with Crippen LogP contribution in [0.3, 0.4) is 0 Å². The molecule has 2 aromatic rings. The number of nitrogens with zero attached hydrogens (tertiary/aromatic N) is 1. The summed E-state index contributed by atoms with van der Waals surface area (Å²) in [7, 11) is -2.31. The number of benzene rings is 1. The number of nitrogens with one attached hydrogen (secondary N) is 1. The van der Waals surface area contributed by atoms with Gasteiger partial charge >= 0.3 is 0 Å². The molecule has 19 heavy (non-hydrogen) atoms. The van der Waals surface area contributed by atoms with Crippen LogP contribution in [0.15, 0.2) is 33.7 Å². The van der Waals surface area contributed by atoms with Crippen LogP contribution in [-0.2, 0) is 10.0 Å². The smallest absolute Gasteiger partial charge is 0.264 e. The minimum Gasteiger partial charge on any atom is -0.495 e. The van der Waals surface area contributed by atoms with Gasteiger partial charge in [0, 0.05) is 6.07 Å². The van der Waals surface area contributed by atoms with Crippen molar-refractivity contribution < 1.29 is 17.7 Å². The third-order valence-corrected chi connectivity index (χ3v) is 3.72. The number of methoxy groups -OCH3 is 1. The minimum atomic E-state index is -3.77. The fraction of sp³-hybridized carbons (Fsp3) is 0.182. The molecule has 1 aromatic carbocycles. The highest BCUT2D eigenvalue weighted by Gasteiger charge is 2.17. The molecule has 1 aromatic heterocycles. The molecule has 0 aliphatic rings. The first-order valence-corrected chi connectivity index (χ1v) is 6.80. The summed E-state index contributed by atoms with van der Waals surface area (Å²) in [6, 6.07) is 5.66. The topological polar surface area (TPSA) is 107 Å². The van der Waals surface area contributed by atoms with E-state index >= 15 is 0 Å². The highest BCUT2D eigenvalue weighted by molar-refractivity contribution is 7.92. The molecular formula is C11H13N3O4S. The monoisotopic (exact) mass is 283 g/mol. The Labute approximate surface area is 110 Å². The summed E-state index contributed by atoms with van der Waals surface area (Å²) < 4.78 is 36.2. The molecule has 7 nitrogen and oxygen atoms in total. The number of rotatable bonds is 4. The van der Waals surface area contributed by atoms with Crippen molar-refractivity contribution in [3.05, 3.63) is 30.0 Å². The van der Waals surface area contributed by atoms with Gasteiger partial charge in [-0.05, 0) is 25.1 Å². The Morgan fingerprint density at radius 1 is 1.37 bits per heavy atom. The minimum absolute atomic E-state index is 0.0138. The number of ether oxygens (including phenoxy) is 1. The van der Waals surface area contributed by atoms with E-state index < -0.39 is 10.0 Å². The lowest BCUT2D eigenvalue weighted by molar-refractivity contribution is 0.416. The van der Waals surface area contributed by atoms with Crippen molar-refractivity contribution in [1.29, 1.82) is 0 Å². The van der Waals surface area contributed by atoms with Crippen molar-refractivity contribution in [2.45, 2.75) is 11.8 Å². The summed E-state index contributed by atoms with van der Waals surface area (Å²) in [5.41, 5.74) is 6.48. The van der Waals surface area contributed by atoms with Gasteiger partial charge in [-0.15, -0.1) is 0 Å². The first-order valence-electron chi connectivity index (χ1n) is 5.32. The summed E-state index contributed by atoms with van der Waals surface area (Å²) in [6.45, 7) is 1.69. The van der Waals surface area contributed by atoms with Crippen LogP contribution in [0.25, 0.3) is 0 Å². The second-order valence-corrected chi connectivity index (χ2v) is 5.52. The normalized spacial score (nSPS) is 11.3. The molecule has 0 saturated heterocycles. The Hall–Kier alpha value is -2.22. The van der Waals surface area contributed by atoms with Crippen molar-refractivity contribution in [2.75, 3.05) is 17.6 Å². The maximum absolute atomic E-state index is 12.1. The molecule has 0 unspecified atom stereocenters. The summed E-state index contributed by atoms with van der Waals surface area (Å²) in [5, 5.41) is 3.59. The molecule has 1 heterocycles. The fourth-order valence-corrected chi connectivity index (χ4v) is 2.49. The zero-order valence-corrected chi connectivity index (χ0v) is 11.2. The SMILES string of the molecule is COc1ccc(S(=O)(=O)Nc2cc(C)no2)cc1N. The van der Waals surface area contributed by atoms with Crippen LogP contribution in [0.4, 0.5) is 11.6 Å². The zero-order valence-electron chi connectivity index (χ0n) is 10.4. The van der Waals surface area contributed by atoms with Crippen molar-refractivity contribution in [2.24, 2.45) is 0 Å². The van der Waals surface area contributed by atoms with Crippen LogP contribution < -0.4 is 15.2 Å². The molecule has 0 aliphatic carbocycles. The van der Waals surface area contributed by atoms with Crippen LogP contribution in [0.2, 0.25) is 0 Å². The lowest BCUT2D eigenvalue weighted by Crippen LogP contribution is -2.12. The molecular weight excluding hydrogens is 270 g/mol. The molecule has 8 heteroatoms. The zero-order chi connectivity index (χ0) is 14.0. The number of aromatic nitrogens is 1. The number of anilines is 2. The predicted octanol–water partition coefficient (Wildman–Crippen LogP) is 1.37. The second kappa shape index (κ2) is 4.81. The lowest BCUT2D eigenvalue weighted by Gasteiger charge is -2.08. The fourth-order valence-electron chi connectivity index (χ4n) is 1.48. The summed E-state index contributed by atoms with van der Waals surface area (Å²) in [5.74, 6) is 0.460. The molecule has 102 valence electrons. The molecule has 0 radical (unpaired) electrons. The van der Waals surface area contributed by atoms with E-state index in [1.165, 1.54) is 31.4 Å². The number of sulfonamides is 1. The lowest BCUT2D eigenvalue weighted by atomic mass is 10.3. The highest BCUT2D eigenvalue weighted by Crippen LogP contribution is 2.25. The van der Waals surface area contributed by atoms with E-state index in [9.17, 15) is 8.42 Å². The van der Waals surface area contributed by atoms with Gasteiger partial charge in [-0.3, -0.25) is 0 Å². The van der Waals surface area contributed by atoms with Crippen LogP contribution >= 0.6 is 0 Å². The van der Waals surface area contributed by atoms with Gasteiger partial charge < -0.3 is 15.0 Å². The first-order chi connectivity index (χ1) is 8.92. The molecule has 0 bridgehead atoms. The summed E-state index contributed by atoms with van der Waals surface area (Å²) in [4.78, 5) is 0.0138. The van der Waals surface area contributed by atoms with E-state index in [-0.39, 0.29) is 16.5 Å². The molecule has 3 N–H and O–H groups in total. The Bertz CT molecular complexity index is 694. The summed E-state index contributed by atoms with van der Waals surface area (Å²) in [6.07, 6.45) is 0. The van der Waals surface area contributed by atoms with Crippen molar-refractivity contribution >= 4 is 21.6 Å². The van der Waals surface area contributed by atoms with Crippen LogP contribution in [-0.4, -0.2) is 20.7 Å². The van der Waals surface area contributed by atoms with E-state index in [1.54, 1.807) is 6.92 Å². The Kier molecular flexibility index (Phi) is 3.34. The number of nitrogens with two attached hydrogens (primary N) is 1. The van der Waals surface area contributed by atoms with Crippen molar-refractivity contribution in [1.82, 2.24) is 5.16 Å². The van der Waals surface area contributed by atoms with Gasteiger partial charge in [-0.2, -0.15) is 0 Å². The van der Waals surface area contributed by atoms with Gasteiger partial charge in [-0.25, -0.2) is 13.1 Å². The number of hydrogen-bond acceptors (Lipinski definition) is 6. The van der Waals surface area contributed by atoms with E-state index in [4.69, 9.17) is 15.0 Å². The molecule has 0 fully saturated rings. The van der Waals surface area contributed by atoms with Gasteiger partial charge in [0.1, 0.15) is 5.75 Å². The average Bonchev–Trinajstić information content (AvgIpc) is 2.73. The summed E-state index contributed by atoms with van der Waals surface area (Å²) >= 11 is 0. The molecule has 2 rings (SSSR count). The standard InChI is InChI=1S/C11H13N3O4S/c1-7-5-11(18-13-7)14-19(15,16)8-3-4-10(17-2)9(12)6-8/h3-6,14H,12H2,1-2H3. The van der Waals surface area contributed by atoms with Crippen molar-refractivity contribution in [3.8, 4) is 5.75 Å². The number of hydrogen-bond donors (Lipinski definition) is 2. The van der Waals surface area contributed by atoms with Gasteiger partial charge in [-0.1, -0.05) is 5.16 Å². The second-order valence-electron chi connectivity index (χ2n) is 3.84. The average molecular weight is 283 g/mol. The molecule has 0 amide bonds. The Balaban J connectivity index is 2.31. The predicted molar refractivity (Wildman–Crippen MR) is 69.5 cm³/mol. The van der Waals surface area contributed by atoms with E-state index in [1.807, 2.05) is 0 Å². The molecule has 0 spiro atoms. The van der Waals surface area contributed by atoms with Gasteiger partial charge in [0.15, 0.2) is 0 Å². The third-order valence-electron chi connectivity index (χ3n) is 2.37. The van der Waals surface area contributed by atoms with Gasteiger partial charge in [0.05, 0.1) is 23.4 Å². The van der Waals surface area contributed by atoms with Crippen LogP contribution in [0, 0.1) is 6.92 Å². The van der Waals surface area contributed by atoms with E-state index in [2.05, 4.69) is 9.88 Å². The Morgan fingerprint density at radius 2 is 2.11 bits per heavy atom. The molecule has 0 atom stereocenters. The van der Waals surface area contributed by atoms with E-state index in [0.29, 0.717) is 11.4 Å².